The molecule has 0 bridgehead atoms. The number of sulfonamides is 1. The number of hydrogen-bond donors (Lipinski definition) is 1. The van der Waals surface area contributed by atoms with E-state index in [0.29, 0.717) is 17.9 Å². The Bertz CT molecular complexity index is 807. The van der Waals surface area contributed by atoms with Gasteiger partial charge in [-0.3, -0.25) is 0 Å². The van der Waals surface area contributed by atoms with E-state index in [9.17, 15) is 8.42 Å². The summed E-state index contributed by atoms with van der Waals surface area (Å²) in [7, 11) is -3.48. The van der Waals surface area contributed by atoms with Crippen molar-refractivity contribution < 1.29 is 8.42 Å². The lowest BCUT2D eigenvalue weighted by Gasteiger charge is -2.19. The molecule has 0 fully saturated rings. The maximum absolute atomic E-state index is 12.4. The predicted molar refractivity (Wildman–Crippen MR) is 99.2 cm³/mol. The molecule has 0 spiro atoms. The molecule has 0 saturated carbocycles. The summed E-state index contributed by atoms with van der Waals surface area (Å²) < 4.78 is 29.8. The number of hydrogen-bond acceptors (Lipinski definition) is 3. The van der Waals surface area contributed by atoms with E-state index in [1.165, 1.54) is 12.8 Å². The molecule has 0 atom stereocenters. The topological polar surface area (TPSA) is 64.0 Å². The highest BCUT2D eigenvalue weighted by molar-refractivity contribution is 7.89. The van der Waals surface area contributed by atoms with Gasteiger partial charge in [0.15, 0.2) is 0 Å². The Kier molecular flexibility index (Phi) is 5.02. The third-order valence-corrected chi connectivity index (χ3v) is 6.14. The minimum Gasteiger partial charge on any atom is -0.335 e. The van der Waals surface area contributed by atoms with E-state index in [-0.39, 0.29) is 5.41 Å². The lowest BCUT2D eigenvalue weighted by Crippen LogP contribution is -2.26. The summed E-state index contributed by atoms with van der Waals surface area (Å²) in [6.07, 6.45) is 6.07. The molecule has 0 amide bonds. The molecule has 1 aliphatic heterocycles. The van der Waals surface area contributed by atoms with Gasteiger partial charge in [0.25, 0.3) is 0 Å². The van der Waals surface area contributed by atoms with Crippen LogP contribution in [0.4, 0.5) is 0 Å². The van der Waals surface area contributed by atoms with Crippen LogP contribution in [0.2, 0.25) is 0 Å². The van der Waals surface area contributed by atoms with Crippen LogP contribution in [0.25, 0.3) is 0 Å². The van der Waals surface area contributed by atoms with Gasteiger partial charge in [-0.25, -0.2) is 18.1 Å². The van der Waals surface area contributed by atoms with Crippen molar-refractivity contribution in [2.45, 2.75) is 63.3 Å². The van der Waals surface area contributed by atoms with E-state index < -0.39 is 10.0 Å². The van der Waals surface area contributed by atoms with Crippen molar-refractivity contribution in [1.29, 1.82) is 0 Å². The van der Waals surface area contributed by atoms with E-state index in [1.807, 2.05) is 12.1 Å². The minimum atomic E-state index is -3.48. The van der Waals surface area contributed by atoms with Gasteiger partial charge in [0.05, 0.1) is 10.6 Å². The highest BCUT2D eigenvalue weighted by atomic mass is 32.2. The number of benzene rings is 1. The molecule has 1 aliphatic rings. The van der Waals surface area contributed by atoms with Crippen molar-refractivity contribution >= 4 is 10.0 Å². The summed E-state index contributed by atoms with van der Waals surface area (Å²) in [6.45, 7) is 7.71. The molecule has 2 heterocycles. The summed E-state index contributed by atoms with van der Waals surface area (Å²) in [5.41, 5.74) is 2.09. The van der Waals surface area contributed by atoms with Crippen molar-refractivity contribution in [3.05, 3.63) is 47.5 Å². The number of rotatable bonds is 5. The van der Waals surface area contributed by atoms with Gasteiger partial charge in [-0.15, -0.1) is 0 Å². The molecular weight excluding hydrogens is 334 g/mol. The van der Waals surface area contributed by atoms with E-state index in [1.54, 1.807) is 12.1 Å². The molecule has 25 heavy (non-hydrogen) atoms. The normalized spacial score (nSPS) is 15.2. The molecule has 2 aromatic rings. The van der Waals surface area contributed by atoms with E-state index >= 15 is 0 Å². The Balaban J connectivity index is 1.61. The van der Waals surface area contributed by atoms with E-state index in [0.717, 1.165) is 30.0 Å². The van der Waals surface area contributed by atoms with E-state index in [2.05, 4.69) is 41.2 Å². The first-order chi connectivity index (χ1) is 11.8. The summed E-state index contributed by atoms with van der Waals surface area (Å²) in [5.74, 6) is 1.13. The van der Waals surface area contributed by atoms with Crippen LogP contribution < -0.4 is 4.72 Å². The molecule has 136 valence electrons. The second-order valence-electron chi connectivity index (χ2n) is 7.72. The van der Waals surface area contributed by atoms with Crippen LogP contribution in [-0.4, -0.2) is 24.5 Å². The summed E-state index contributed by atoms with van der Waals surface area (Å²) in [5, 5.41) is 0. The predicted octanol–water partition coefficient (Wildman–Crippen LogP) is 3.04. The van der Waals surface area contributed by atoms with Gasteiger partial charge in [-0.1, -0.05) is 32.9 Å². The average molecular weight is 362 g/mol. The maximum atomic E-state index is 12.4. The molecular formula is C19H27N3O2S. The van der Waals surface area contributed by atoms with Crippen LogP contribution in [0.1, 0.15) is 50.7 Å². The van der Waals surface area contributed by atoms with E-state index in [4.69, 9.17) is 0 Å². The molecule has 1 aromatic heterocycles. The van der Waals surface area contributed by atoms with Crippen LogP contribution in [0.15, 0.2) is 35.4 Å². The summed E-state index contributed by atoms with van der Waals surface area (Å²) >= 11 is 0. The zero-order valence-corrected chi connectivity index (χ0v) is 16.1. The second-order valence-corrected chi connectivity index (χ2v) is 9.49. The number of nitrogens with zero attached hydrogens (tertiary/aromatic N) is 2. The van der Waals surface area contributed by atoms with Gasteiger partial charge >= 0.3 is 0 Å². The minimum absolute atomic E-state index is 0.00987. The van der Waals surface area contributed by atoms with Crippen molar-refractivity contribution in [1.82, 2.24) is 14.3 Å². The third kappa shape index (κ3) is 4.30. The van der Waals surface area contributed by atoms with Crippen LogP contribution in [0.3, 0.4) is 0 Å². The Hall–Kier alpha value is -1.66. The third-order valence-electron chi connectivity index (χ3n) is 4.66. The van der Waals surface area contributed by atoms with Crippen LogP contribution in [-0.2, 0) is 34.8 Å². The molecule has 6 heteroatoms. The molecule has 1 aromatic carbocycles. The summed E-state index contributed by atoms with van der Waals surface area (Å²) in [4.78, 5) is 4.92. The van der Waals surface area contributed by atoms with Gasteiger partial charge in [-0.2, -0.15) is 0 Å². The van der Waals surface area contributed by atoms with Gasteiger partial charge in [0.2, 0.25) is 10.0 Å². The Morgan fingerprint density at radius 2 is 1.88 bits per heavy atom. The first-order valence-corrected chi connectivity index (χ1v) is 10.4. The number of imidazole rings is 1. The zero-order chi connectivity index (χ0) is 18.1. The fraction of sp³-hybridized carbons (Fsp3) is 0.526. The first-order valence-electron chi connectivity index (χ1n) is 8.91. The van der Waals surface area contributed by atoms with Gasteiger partial charge in [0.1, 0.15) is 5.82 Å². The second kappa shape index (κ2) is 6.92. The lowest BCUT2D eigenvalue weighted by atomic mass is 9.87. The molecule has 0 radical (unpaired) electrons. The average Bonchev–Trinajstić information content (AvgIpc) is 2.96. The number of aromatic nitrogens is 2. The summed E-state index contributed by atoms with van der Waals surface area (Å²) in [6, 6.07) is 7.13. The molecule has 3 rings (SSSR count). The monoisotopic (exact) mass is 361 g/mol. The Morgan fingerprint density at radius 3 is 2.52 bits per heavy atom. The van der Waals surface area contributed by atoms with Crippen molar-refractivity contribution in [2.75, 3.05) is 6.54 Å². The fourth-order valence-electron chi connectivity index (χ4n) is 3.12. The molecule has 1 N–H and O–H groups in total. The van der Waals surface area contributed by atoms with Gasteiger partial charge in [0, 0.05) is 32.1 Å². The van der Waals surface area contributed by atoms with Crippen LogP contribution >= 0.6 is 0 Å². The zero-order valence-electron chi connectivity index (χ0n) is 15.2. The Labute approximate surface area is 150 Å². The standard InChI is InChI=1S/C19H27N3O2S/c1-19(2,3)15-7-9-17(10-8-15)25(23,24)20-12-11-16-14-22-13-5-4-6-18(22)21-16/h7-10,14,20H,4-6,11-13H2,1-3H3. The van der Waals surface area contributed by atoms with Gasteiger partial charge < -0.3 is 4.57 Å². The first kappa shape index (κ1) is 18.1. The van der Waals surface area contributed by atoms with Gasteiger partial charge in [-0.05, 0) is 36.0 Å². The fourth-order valence-corrected chi connectivity index (χ4v) is 4.15. The highest BCUT2D eigenvalue weighted by Crippen LogP contribution is 2.23. The number of nitrogens with one attached hydrogen (secondary N) is 1. The number of aryl methyl sites for hydroxylation is 2. The SMILES string of the molecule is CC(C)(C)c1ccc(S(=O)(=O)NCCc2cn3c(n2)CCCC3)cc1. The van der Waals surface area contributed by atoms with Crippen LogP contribution in [0.5, 0.6) is 0 Å². The van der Waals surface area contributed by atoms with Crippen LogP contribution in [0, 0.1) is 0 Å². The largest absolute Gasteiger partial charge is 0.335 e. The van der Waals surface area contributed by atoms with Crippen molar-refractivity contribution in [2.24, 2.45) is 0 Å². The van der Waals surface area contributed by atoms with Crippen molar-refractivity contribution in [3.63, 3.8) is 0 Å². The maximum Gasteiger partial charge on any atom is 0.240 e. The molecule has 0 unspecified atom stereocenters. The van der Waals surface area contributed by atoms with Crippen molar-refractivity contribution in [3.8, 4) is 0 Å². The highest BCUT2D eigenvalue weighted by Gasteiger charge is 2.18. The molecule has 0 saturated heterocycles. The lowest BCUT2D eigenvalue weighted by molar-refractivity contribution is 0.522. The molecule has 0 aliphatic carbocycles. The number of fused-ring (bicyclic) bond motifs is 1. The quantitative estimate of drug-likeness (QED) is 0.890. The molecule has 5 nitrogen and oxygen atoms in total. The smallest absolute Gasteiger partial charge is 0.240 e. The Morgan fingerprint density at radius 1 is 1.16 bits per heavy atom.